The molecule has 3 aromatic rings. The number of aryl methyl sites for hydroxylation is 1. The fourth-order valence-corrected chi connectivity index (χ4v) is 5.21. The molecule has 2 saturated heterocycles. The first kappa shape index (κ1) is 26.6. The molecule has 7 nitrogen and oxygen atoms in total. The van der Waals surface area contributed by atoms with Crippen molar-refractivity contribution in [3.63, 3.8) is 0 Å². The van der Waals surface area contributed by atoms with Crippen LogP contribution in [0, 0.1) is 18.2 Å². The van der Waals surface area contributed by atoms with Gasteiger partial charge in [-0.25, -0.2) is 18.2 Å². The van der Waals surface area contributed by atoms with Crippen molar-refractivity contribution in [1.82, 2.24) is 20.1 Å². The molecule has 0 unspecified atom stereocenters. The fraction of sp³-hybridized carbons (Fsp3) is 0.536. The van der Waals surface area contributed by atoms with E-state index in [0.717, 1.165) is 61.1 Å². The van der Waals surface area contributed by atoms with Crippen molar-refractivity contribution in [2.75, 3.05) is 49.6 Å². The predicted molar refractivity (Wildman–Crippen MR) is 142 cm³/mol. The van der Waals surface area contributed by atoms with Crippen LogP contribution in [0.4, 0.5) is 24.8 Å². The number of morpholine rings is 1. The number of benzene rings is 1. The van der Waals surface area contributed by atoms with Gasteiger partial charge in [-0.1, -0.05) is 39.0 Å². The van der Waals surface area contributed by atoms with Crippen LogP contribution in [0.2, 0.25) is 0 Å². The van der Waals surface area contributed by atoms with Gasteiger partial charge in [0.15, 0.2) is 5.82 Å². The molecule has 0 amide bonds. The molecule has 2 aliphatic heterocycles. The minimum atomic E-state index is -3.34. The van der Waals surface area contributed by atoms with Crippen LogP contribution in [0.15, 0.2) is 30.5 Å². The average Bonchev–Trinajstić information content (AvgIpc) is 2.89. The largest absolute Gasteiger partial charge is 0.378 e. The molecule has 1 aromatic carbocycles. The number of pyridine rings is 1. The van der Waals surface area contributed by atoms with Crippen LogP contribution in [0.25, 0.3) is 10.8 Å². The van der Waals surface area contributed by atoms with Crippen LogP contribution in [0.1, 0.15) is 50.6 Å². The number of halogens is 3. The second kappa shape index (κ2) is 9.96. The summed E-state index contributed by atoms with van der Waals surface area (Å²) in [5.41, 5.74) is -1.17. The van der Waals surface area contributed by atoms with Crippen molar-refractivity contribution in [3.8, 4) is 0 Å². The molecule has 0 saturated carbocycles. The van der Waals surface area contributed by atoms with Crippen molar-refractivity contribution >= 4 is 22.4 Å². The highest BCUT2D eigenvalue weighted by Crippen LogP contribution is 2.46. The van der Waals surface area contributed by atoms with Crippen molar-refractivity contribution in [2.24, 2.45) is 5.41 Å². The average molecular weight is 529 g/mol. The highest BCUT2D eigenvalue weighted by atomic mass is 19.3. The number of piperazine rings is 1. The molecule has 1 N–H and O–H groups in total. The van der Waals surface area contributed by atoms with E-state index in [-0.39, 0.29) is 5.56 Å². The Balaban J connectivity index is 1.45. The van der Waals surface area contributed by atoms with Gasteiger partial charge in [-0.15, -0.1) is 5.10 Å². The Labute approximate surface area is 221 Å². The van der Waals surface area contributed by atoms with Crippen LogP contribution in [0.5, 0.6) is 0 Å². The molecule has 0 radical (unpaired) electrons. The van der Waals surface area contributed by atoms with E-state index in [0.29, 0.717) is 18.5 Å². The van der Waals surface area contributed by atoms with Crippen molar-refractivity contribution in [3.05, 3.63) is 53.1 Å². The molecule has 4 heterocycles. The van der Waals surface area contributed by atoms with E-state index in [1.54, 1.807) is 13.1 Å². The van der Waals surface area contributed by atoms with Gasteiger partial charge >= 0.3 is 0 Å². The van der Waals surface area contributed by atoms with Gasteiger partial charge < -0.3 is 15.0 Å². The number of alkyl halides is 2. The molecule has 2 fully saturated rings. The summed E-state index contributed by atoms with van der Waals surface area (Å²) in [6, 6.07) is 5.83. The number of ether oxygens (including phenoxy) is 1. The minimum Gasteiger partial charge on any atom is -0.378 e. The summed E-state index contributed by atoms with van der Waals surface area (Å²) >= 11 is 0. The van der Waals surface area contributed by atoms with E-state index in [1.165, 1.54) is 32.9 Å². The second-order valence-electron chi connectivity index (χ2n) is 11.3. The lowest BCUT2D eigenvalue weighted by atomic mass is 9.82. The van der Waals surface area contributed by atoms with E-state index in [9.17, 15) is 0 Å². The van der Waals surface area contributed by atoms with Gasteiger partial charge in [0.05, 0.1) is 36.6 Å². The first-order chi connectivity index (χ1) is 18.0. The quantitative estimate of drug-likeness (QED) is 0.482. The van der Waals surface area contributed by atoms with Crippen LogP contribution >= 0.6 is 0 Å². The molecule has 0 aliphatic carbocycles. The van der Waals surface area contributed by atoms with Crippen LogP contribution in [0.3, 0.4) is 0 Å². The lowest BCUT2D eigenvalue weighted by Gasteiger charge is -2.44. The van der Waals surface area contributed by atoms with Gasteiger partial charge in [-0.05, 0) is 19.9 Å². The Kier molecular flexibility index (Phi) is 6.98. The zero-order chi connectivity index (χ0) is 27.2. The van der Waals surface area contributed by atoms with E-state index in [1.807, 2.05) is 13.0 Å². The zero-order valence-corrected chi connectivity index (χ0v) is 22.6. The maximum Gasteiger partial charge on any atom is 0.280 e. The predicted octanol–water partition coefficient (Wildman–Crippen LogP) is 5.30. The summed E-state index contributed by atoms with van der Waals surface area (Å²) in [6.45, 7) is 12.8. The molecule has 0 spiro atoms. The fourth-order valence-electron chi connectivity index (χ4n) is 5.21. The molecule has 2 aromatic heterocycles. The highest BCUT2D eigenvalue weighted by Gasteiger charge is 2.47. The monoisotopic (exact) mass is 528 g/mol. The summed E-state index contributed by atoms with van der Waals surface area (Å²) in [6.07, 6.45) is 1.79. The molecular weight excluding hydrogens is 493 g/mol. The summed E-state index contributed by atoms with van der Waals surface area (Å²) in [7, 11) is 0. The third-order valence-electron chi connectivity index (χ3n) is 7.72. The number of nitrogens with zero attached hydrogens (tertiary/aromatic N) is 5. The number of nitrogens with one attached hydrogen (secondary N) is 1. The number of aromatic nitrogens is 3. The number of fused-ring (bicyclic) bond motifs is 2. The molecule has 38 heavy (non-hydrogen) atoms. The van der Waals surface area contributed by atoms with Gasteiger partial charge in [0.1, 0.15) is 11.6 Å². The summed E-state index contributed by atoms with van der Waals surface area (Å²) < 4.78 is 51.3. The van der Waals surface area contributed by atoms with Crippen LogP contribution in [-0.4, -0.2) is 65.5 Å². The lowest BCUT2D eigenvalue weighted by Crippen LogP contribution is -2.58. The van der Waals surface area contributed by atoms with Crippen molar-refractivity contribution < 1.29 is 17.9 Å². The van der Waals surface area contributed by atoms with Gasteiger partial charge in [0, 0.05) is 54.1 Å². The highest BCUT2D eigenvalue weighted by molar-refractivity contribution is 5.94. The first-order valence-electron chi connectivity index (χ1n) is 13.1. The molecule has 0 bridgehead atoms. The standard InChI is InChI=1S/C28H35F3N6O/c1-17(20-7-6-8-23(25(20)29)28(30,31)27(3,4)5)33-26-21-13-24(32-14-22(21)18(2)34-35-26)37-10-9-36-11-12-38-16-19(36)15-37/h6-8,13-14,17,19H,9-12,15-16H2,1-5H3,(H,33,35)/t17-,19+/m1/s1. The smallest absolute Gasteiger partial charge is 0.280 e. The van der Waals surface area contributed by atoms with E-state index < -0.39 is 28.8 Å². The molecule has 2 aliphatic rings. The SMILES string of the molecule is Cc1nnc(N[C@H](C)c2cccc(C(F)(F)C(C)(C)C)c2F)c2cc(N3CCN4CCOC[C@@H]4C3)ncc12. The minimum absolute atomic E-state index is 0.143. The Morgan fingerprint density at radius 1 is 1.11 bits per heavy atom. The number of hydrogen-bond donors (Lipinski definition) is 1. The molecular formula is C28H35F3N6O. The van der Waals surface area contributed by atoms with Crippen LogP contribution in [-0.2, 0) is 10.7 Å². The maximum absolute atomic E-state index is 15.5. The Morgan fingerprint density at radius 3 is 2.66 bits per heavy atom. The topological polar surface area (TPSA) is 66.4 Å². The number of anilines is 2. The van der Waals surface area contributed by atoms with Gasteiger partial charge in [-0.3, -0.25) is 4.90 Å². The third-order valence-corrected chi connectivity index (χ3v) is 7.72. The Morgan fingerprint density at radius 2 is 1.89 bits per heavy atom. The first-order valence-corrected chi connectivity index (χ1v) is 13.1. The van der Waals surface area contributed by atoms with E-state index in [4.69, 9.17) is 9.72 Å². The molecule has 204 valence electrons. The van der Waals surface area contributed by atoms with E-state index >= 15 is 13.2 Å². The molecule has 2 atom stereocenters. The lowest BCUT2D eigenvalue weighted by molar-refractivity contribution is -0.107. The van der Waals surface area contributed by atoms with Crippen LogP contribution < -0.4 is 10.2 Å². The van der Waals surface area contributed by atoms with Gasteiger partial charge in [0.2, 0.25) is 0 Å². The normalized spacial score (nSPS) is 19.9. The summed E-state index contributed by atoms with van der Waals surface area (Å²) in [5.74, 6) is -2.97. The number of rotatable bonds is 5. The zero-order valence-electron chi connectivity index (χ0n) is 22.6. The van der Waals surface area contributed by atoms with Gasteiger partial charge in [0.25, 0.3) is 5.92 Å². The molecule has 10 heteroatoms. The Bertz CT molecular complexity index is 1330. The number of hydrogen-bond acceptors (Lipinski definition) is 7. The Hall–Kier alpha value is -2.98. The molecule has 5 rings (SSSR count). The van der Waals surface area contributed by atoms with Gasteiger partial charge in [-0.2, -0.15) is 5.10 Å². The second-order valence-corrected chi connectivity index (χ2v) is 11.3. The summed E-state index contributed by atoms with van der Waals surface area (Å²) in [5, 5.41) is 13.5. The third kappa shape index (κ3) is 4.80. The summed E-state index contributed by atoms with van der Waals surface area (Å²) in [4.78, 5) is 9.41. The van der Waals surface area contributed by atoms with E-state index in [2.05, 4.69) is 25.3 Å². The maximum atomic E-state index is 15.5. The van der Waals surface area contributed by atoms with Crippen molar-refractivity contribution in [1.29, 1.82) is 0 Å². The van der Waals surface area contributed by atoms with Crippen molar-refractivity contribution in [2.45, 2.75) is 52.6 Å².